The Kier molecular flexibility index (Phi) is 12.8. The molecule has 2 rings (SSSR count). The number of amides is 1. The Labute approximate surface area is 179 Å². The molecule has 0 saturated heterocycles. The lowest BCUT2D eigenvalue weighted by molar-refractivity contribution is -0.139. The summed E-state index contributed by atoms with van der Waals surface area (Å²) in [5, 5.41) is 3.81. The molecule has 4 nitrogen and oxygen atoms in total. The highest BCUT2D eigenvalue weighted by molar-refractivity contribution is 7.98. The molecule has 3 N–H and O–H groups in total. The molecule has 2 aromatic carbocycles. The van der Waals surface area contributed by atoms with Crippen molar-refractivity contribution in [3.63, 3.8) is 0 Å². The third-order valence-corrected chi connectivity index (χ3v) is 4.77. The highest BCUT2D eigenvalue weighted by Crippen LogP contribution is 2.39. The van der Waals surface area contributed by atoms with Gasteiger partial charge in [-0.25, -0.2) is 10.2 Å². The van der Waals surface area contributed by atoms with Crippen LogP contribution in [0.2, 0.25) is 0 Å². The first-order valence-electron chi connectivity index (χ1n) is 9.34. The molecule has 0 aliphatic carbocycles. The van der Waals surface area contributed by atoms with Gasteiger partial charge in [-0.15, -0.1) is 11.8 Å². The standard InChI is InChI=1S/C17H17F4NS.C2H6N2O.C2H6/c1-3-11-7-8-13(17(19,20)21)16(9-11)23-10-12-14(18)5-4-6-15(12)22-2;1-4(3)2-5;1-2/h4-9,22H,3,10H2,1-2H3;2H,3H2,1H3;1-2H3. The Hall–Kier alpha value is -2.26. The first kappa shape index (κ1) is 27.7. The van der Waals surface area contributed by atoms with Crippen LogP contribution in [0.4, 0.5) is 23.2 Å². The van der Waals surface area contributed by atoms with Crippen molar-refractivity contribution in [2.24, 2.45) is 5.84 Å². The molecule has 0 heterocycles. The number of alkyl halides is 3. The third kappa shape index (κ3) is 9.04. The van der Waals surface area contributed by atoms with Crippen molar-refractivity contribution in [1.29, 1.82) is 0 Å². The van der Waals surface area contributed by atoms with Gasteiger partial charge in [-0.3, -0.25) is 9.80 Å². The van der Waals surface area contributed by atoms with Crippen molar-refractivity contribution < 1.29 is 22.4 Å². The maximum atomic E-state index is 13.9. The molecule has 0 aliphatic rings. The second-order valence-corrected chi connectivity index (χ2v) is 6.77. The summed E-state index contributed by atoms with van der Waals surface area (Å²) < 4.78 is 53.3. The van der Waals surface area contributed by atoms with Crippen LogP contribution in [0.15, 0.2) is 41.3 Å². The Balaban J connectivity index is 0.00000105. The second-order valence-electron chi connectivity index (χ2n) is 5.76. The van der Waals surface area contributed by atoms with Crippen LogP contribution < -0.4 is 11.2 Å². The minimum atomic E-state index is -4.42. The van der Waals surface area contributed by atoms with Gasteiger partial charge < -0.3 is 5.32 Å². The summed E-state index contributed by atoms with van der Waals surface area (Å²) in [6.07, 6.45) is -3.25. The van der Waals surface area contributed by atoms with Crippen LogP contribution in [0, 0.1) is 5.82 Å². The van der Waals surface area contributed by atoms with Gasteiger partial charge in [0.2, 0.25) is 6.41 Å². The monoisotopic (exact) mass is 447 g/mol. The van der Waals surface area contributed by atoms with Gasteiger partial charge in [-0.05, 0) is 36.2 Å². The first-order valence-corrected chi connectivity index (χ1v) is 10.3. The van der Waals surface area contributed by atoms with Gasteiger partial charge >= 0.3 is 6.18 Å². The summed E-state index contributed by atoms with van der Waals surface area (Å²) in [6.45, 7) is 5.88. The molecule has 168 valence electrons. The number of benzene rings is 2. The molecule has 0 saturated carbocycles. The molecule has 0 unspecified atom stereocenters. The van der Waals surface area contributed by atoms with Crippen LogP contribution >= 0.6 is 11.8 Å². The summed E-state index contributed by atoms with van der Waals surface area (Å²) in [5.74, 6) is 4.45. The van der Waals surface area contributed by atoms with Gasteiger partial charge in [0, 0.05) is 36.0 Å². The topological polar surface area (TPSA) is 58.4 Å². The third-order valence-electron chi connectivity index (χ3n) is 3.69. The van der Waals surface area contributed by atoms with E-state index in [1.165, 1.54) is 25.2 Å². The predicted octanol–water partition coefficient (Wildman–Crippen LogP) is 5.72. The highest BCUT2D eigenvalue weighted by atomic mass is 32.2. The summed E-state index contributed by atoms with van der Waals surface area (Å²) in [5.41, 5.74) is 1.10. The maximum Gasteiger partial charge on any atom is 0.417 e. The number of nitrogens with two attached hydrogens (primary N) is 1. The van der Waals surface area contributed by atoms with Gasteiger partial charge in [0.25, 0.3) is 0 Å². The zero-order chi connectivity index (χ0) is 23.3. The van der Waals surface area contributed by atoms with Crippen molar-refractivity contribution in [2.45, 2.75) is 44.0 Å². The lowest BCUT2D eigenvalue weighted by Crippen LogP contribution is -2.23. The van der Waals surface area contributed by atoms with E-state index in [9.17, 15) is 22.4 Å². The molecule has 0 radical (unpaired) electrons. The minimum Gasteiger partial charge on any atom is -0.388 e. The summed E-state index contributed by atoms with van der Waals surface area (Å²) in [6, 6.07) is 8.69. The summed E-state index contributed by atoms with van der Waals surface area (Å²) in [7, 11) is 3.12. The van der Waals surface area contributed by atoms with E-state index in [1.807, 2.05) is 20.8 Å². The molecule has 2 aromatic rings. The van der Waals surface area contributed by atoms with Crippen LogP contribution in [0.1, 0.15) is 37.5 Å². The number of rotatable bonds is 6. The molecule has 0 fully saturated rings. The van der Waals surface area contributed by atoms with Gasteiger partial charge in [0.05, 0.1) is 5.56 Å². The van der Waals surface area contributed by atoms with Crippen LogP contribution in [0.5, 0.6) is 0 Å². The van der Waals surface area contributed by atoms with E-state index >= 15 is 0 Å². The molecule has 30 heavy (non-hydrogen) atoms. The second kappa shape index (κ2) is 13.9. The van der Waals surface area contributed by atoms with Crippen molar-refractivity contribution in [1.82, 2.24) is 5.01 Å². The molecule has 0 spiro atoms. The van der Waals surface area contributed by atoms with Crippen molar-refractivity contribution in [2.75, 3.05) is 19.4 Å². The Morgan fingerprint density at radius 1 is 1.20 bits per heavy atom. The van der Waals surface area contributed by atoms with Gasteiger partial charge in [0.15, 0.2) is 0 Å². The molecule has 0 bridgehead atoms. The van der Waals surface area contributed by atoms with E-state index < -0.39 is 17.6 Å². The van der Waals surface area contributed by atoms with Crippen LogP contribution in [0.3, 0.4) is 0 Å². The SMILES string of the molecule is CC.CCc1ccc(C(F)(F)F)c(SCc2c(F)cccc2NC)c1.CN(N)C=O. The van der Waals surface area contributed by atoms with Crippen LogP contribution in [0.25, 0.3) is 0 Å². The average Bonchev–Trinajstić information content (AvgIpc) is 2.73. The van der Waals surface area contributed by atoms with E-state index in [0.29, 0.717) is 24.1 Å². The molecule has 1 amide bonds. The maximum absolute atomic E-state index is 13.9. The summed E-state index contributed by atoms with van der Waals surface area (Å²) in [4.78, 5) is 9.43. The Bertz CT molecular complexity index is 783. The van der Waals surface area contributed by atoms with Crippen molar-refractivity contribution in [3.8, 4) is 0 Å². The number of hydrogen-bond acceptors (Lipinski definition) is 4. The summed E-state index contributed by atoms with van der Waals surface area (Å²) >= 11 is 1.00. The van der Waals surface area contributed by atoms with E-state index in [1.54, 1.807) is 19.2 Å². The lowest BCUT2D eigenvalue weighted by Gasteiger charge is -2.15. The molecule has 0 aliphatic heterocycles. The Morgan fingerprint density at radius 2 is 1.80 bits per heavy atom. The number of carbonyl (C=O) groups excluding carboxylic acids is 1. The zero-order valence-electron chi connectivity index (χ0n) is 17.8. The van der Waals surface area contributed by atoms with Crippen molar-refractivity contribution in [3.05, 3.63) is 58.9 Å². The molecule has 9 heteroatoms. The number of halogens is 4. The van der Waals surface area contributed by atoms with Gasteiger partial charge in [0.1, 0.15) is 5.82 Å². The average molecular weight is 448 g/mol. The van der Waals surface area contributed by atoms with Gasteiger partial charge in [-0.1, -0.05) is 32.9 Å². The number of nitrogens with one attached hydrogen (secondary N) is 1. The number of anilines is 1. The smallest absolute Gasteiger partial charge is 0.388 e. The number of carbonyl (C=O) groups is 1. The van der Waals surface area contributed by atoms with E-state index in [2.05, 4.69) is 5.32 Å². The van der Waals surface area contributed by atoms with E-state index in [0.717, 1.165) is 28.4 Å². The fourth-order valence-corrected chi connectivity index (χ4v) is 3.40. The number of hydrazine groups is 1. The molecule has 0 aromatic heterocycles. The predicted molar refractivity (Wildman–Crippen MR) is 116 cm³/mol. The van der Waals surface area contributed by atoms with Crippen LogP contribution in [-0.2, 0) is 23.1 Å². The number of hydrogen-bond donors (Lipinski definition) is 2. The quantitative estimate of drug-likeness (QED) is 0.149. The first-order chi connectivity index (χ1) is 14.1. The van der Waals surface area contributed by atoms with Gasteiger partial charge in [-0.2, -0.15) is 13.2 Å². The minimum absolute atomic E-state index is 0.124. The fourth-order valence-electron chi connectivity index (χ4n) is 2.23. The van der Waals surface area contributed by atoms with E-state index in [-0.39, 0.29) is 10.6 Å². The fraction of sp³-hybridized carbons (Fsp3) is 0.381. The largest absolute Gasteiger partial charge is 0.417 e. The normalized spacial score (nSPS) is 10.2. The zero-order valence-corrected chi connectivity index (χ0v) is 18.6. The Morgan fingerprint density at radius 3 is 2.27 bits per heavy atom. The number of nitrogens with zero attached hydrogens (tertiary/aromatic N) is 1. The highest BCUT2D eigenvalue weighted by Gasteiger charge is 2.33. The molecular formula is C21H29F4N3OS. The molecule has 0 atom stereocenters. The number of thioether (sulfide) groups is 1. The van der Waals surface area contributed by atoms with E-state index in [4.69, 9.17) is 5.84 Å². The molecular weight excluding hydrogens is 418 g/mol. The van der Waals surface area contributed by atoms with Crippen molar-refractivity contribution >= 4 is 23.9 Å². The van der Waals surface area contributed by atoms with Crippen LogP contribution in [-0.4, -0.2) is 25.5 Å². The lowest BCUT2D eigenvalue weighted by atomic mass is 10.1. The number of aryl methyl sites for hydroxylation is 1.